The summed E-state index contributed by atoms with van der Waals surface area (Å²) < 4.78 is 33.0. The molecule has 1 rings (SSSR count). The number of nitrogens with one attached hydrogen (secondary N) is 1. The van der Waals surface area contributed by atoms with Crippen molar-refractivity contribution in [1.82, 2.24) is 5.43 Å². The number of hydrogen-bond acceptors (Lipinski definition) is 6. The van der Waals surface area contributed by atoms with Crippen LogP contribution in [0, 0.1) is 0 Å². The van der Waals surface area contributed by atoms with Crippen LogP contribution in [0.2, 0.25) is 0 Å². The summed E-state index contributed by atoms with van der Waals surface area (Å²) in [5.41, 5.74) is 3.34. The zero-order valence-corrected chi connectivity index (χ0v) is 13.2. The van der Waals surface area contributed by atoms with E-state index in [1.165, 1.54) is 13.2 Å². The minimum absolute atomic E-state index is 0.0971. The van der Waals surface area contributed by atoms with Gasteiger partial charge in [0.1, 0.15) is 10.6 Å². The van der Waals surface area contributed by atoms with Gasteiger partial charge in [-0.1, -0.05) is 6.07 Å². The molecule has 1 aromatic rings. The van der Waals surface area contributed by atoms with Gasteiger partial charge in [-0.2, -0.15) is 5.10 Å². The van der Waals surface area contributed by atoms with E-state index in [9.17, 15) is 13.2 Å². The summed E-state index contributed by atoms with van der Waals surface area (Å²) in [6.45, 7) is 3.60. The number of carbonyl (C=O) groups is 1. The first-order valence-electron chi connectivity index (χ1n) is 6.15. The first-order valence-corrected chi connectivity index (χ1v) is 8.04. The second-order valence-electron chi connectivity index (χ2n) is 4.17. The largest absolute Gasteiger partial charge is 0.495 e. The Hall–Kier alpha value is -2.09. The molecule has 8 heteroatoms. The number of hydrazone groups is 1. The van der Waals surface area contributed by atoms with Crippen molar-refractivity contribution in [2.24, 2.45) is 5.10 Å². The van der Waals surface area contributed by atoms with Crippen LogP contribution in [0.4, 0.5) is 4.79 Å². The maximum atomic E-state index is 11.6. The number of benzene rings is 1. The molecule has 1 aromatic carbocycles. The molecule has 0 aliphatic rings. The molecule has 21 heavy (non-hydrogen) atoms. The molecule has 0 atom stereocenters. The zero-order chi connectivity index (χ0) is 16.0. The van der Waals surface area contributed by atoms with Gasteiger partial charge in [-0.15, -0.1) is 0 Å². The summed E-state index contributed by atoms with van der Waals surface area (Å²) in [4.78, 5) is 11.2. The summed E-state index contributed by atoms with van der Waals surface area (Å²) in [6, 6.07) is 4.57. The quantitative estimate of drug-likeness (QED) is 0.657. The number of rotatable bonds is 5. The monoisotopic (exact) mass is 314 g/mol. The van der Waals surface area contributed by atoms with Crippen molar-refractivity contribution < 1.29 is 22.7 Å². The molecule has 0 unspecified atom stereocenters. The van der Waals surface area contributed by atoms with E-state index in [1.807, 2.05) is 0 Å². The van der Waals surface area contributed by atoms with E-state index in [4.69, 9.17) is 4.74 Å². The lowest BCUT2D eigenvalue weighted by atomic mass is 10.1. The molecule has 0 radical (unpaired) electrons. The molecular formula is C13H18N2O5S. The average Bonchev–Trinajstić information content (AvgIpc) is 2.43. The van der Waals surface area contributed by atoms with E-state index in [2.05, 4.69) is 15.3 Å². The molecule has 1 amide bonds. The Balaban J connectivity index is 3.04. The van der Waals surface area contributed by atoms with E-state index < -0.39 is 15.9 Å². The molecule has 0 aliphatic carbocycles. The Kier molecular flexibility index (Phi) is 5.71. The van der Waals surface area contributed by atoms with Crippen LogP contribution in [0.1, 0.15) is 19.4 Å². The Labute approximate surface area is 123 Å². The van der Waals surface area contributed by atoms with Gasteiger partial charge in [-0.3, -0.25) is 0 Å². The smallest absolute Gasteiger partial charge is 0.427 e. The van der Waals surface area contributed by atoms with Gasteiger partial charge in [0.25, 0.3) is 0 Å². The second-order valence-corrected chi connectivity index (χ2v) is 6.15. The zero-order valence-electron chi connectivity index (χ0n) is 12.3. The fourth-order valence-corrected chi connectivity index (χ4v) is 2.38. The van der Waals surface area contributed by atoms with Gasteiger partial charge in [0.15, 0.2) is 9.84 Å². The second kappa shape index (κ2) is 7.07. The molecule has 0 bridgehead atoms. The lowest BCUT2D eigenvalue weighted by Crippen LogP contribution is -2.20. The molecule has 116 valence electrons. The summed E-state index contributed by atoms with van der Waals surface area (Å²) in [6.07, 6.45) is 0.449. The number of ether oxygens (including phenoxy) is 2. The lowest BCUT2D eigenvalue weighted by molar-refractivity contribution is 0.152. The average molecular weight is 314 g/mol. The van der Waals surface area contributed by atoms with Crippen LogP contribution in [0.5, 0.6) is 5.75 Å². The van der Waals surface area contributed by atoms with Gasteiger partial charge in [-0.05, 0) is 26.0 Å². The predicted molar refractivity (Wildman–Crippen MR) is 78.5 cm³/mol. The first kappa shape index (κ1) is 17.0. The summed E-state index contributed by atoms with van der Waals surface area (Å²) >= 11 is 0. The van der Waals surface area contributed by atoms with Gasteiger partial charge in [0.05, 0.1) is 19.4 Å². The Morgan fingerprint density at radius 1 is 1.38 bits per heavy atom. The normalized spacial score (nSPS) is 11.9. The van der Waals surface area contributed by atoms with E-state index in [-0.39, 0.29) is 17.3 Å². The maximum absolute atomic E-state index is 11.6. The summed E-state index contributed by atoms with van der Waals surface area (Å²) in [7, 11) is -1.99. The number of amides is 1. The molecule has 7 nitrogen and oxygen atoms in total. The predicted octanol–water partition coefficient (Wildman–Crippen LogP) is 1.57. The number of hydrogen-bond donors (Lipinski definition) is 1. The van der Waals surface area contributed by atoms with Crippen LogP contribution in [-0.4, -0.2) is 40.2 Å². The molecular weight excluding hydrogens is 296 g/mol. The molecule has 0 saturated heterocycles. The Bertz CT molecular complexity index is 653. The number of sulfone groups is 1. The molecule has 1 N–H and O–H groups in total. The Morgan fingerprint density at radius 2 is 2.05 bits per heavy atom. The van der Waals surface area contributed by atoms with Gasteiger partial charge >= 0.3 is 6.09 Å². The highest BCUT2D eigenvalue weighted by Gasteiger charge is 2.15. The number of methoxy groups -OCH3 is 1. The van der Waals surface area contributed by atoms with Crippen molar-refractivity contribution in [1.29, 1.82) is 0 Å². The third-order valence-electron chi connectivity index (χ3n) is 2.57. The van der Waals surface area contributed by atoms with E-state index >= 15 is 0 Å². The highest BCUT2D eigenvalue weighted by molar-refractivity contribution is 7.90. The first-order chi connectivity index (χ1) is 9.79. The Morgan fingerprint density at radius 3 is 2.57 bits per heavy atom. The van der Waals surface area contributed by atoms with Crippen molar-refractivity contribution >= 4 is 21.6 Å². The van der Waals surface area contributed by atoms with Crippen LogP contribution in [-0.2, 0) is 14.6 Å². The highest BCUT2D eigenvalue weighted by Crippen LogP contribution is 2.25. The standard InChI is InChI=1S/C13H18N2O5S/c1-5-20-13(16)15-14-9(2)10-6-7-12(21(4,17)18)11(8-10)19-3/h6-8H,5H2,1-4H3,(H,15,16). The fraction of sp³-hybridized carbons (Fsp3) is 0.385. The SMILES string of the molecule is CCOC(=O)NN=C(C)c1ccc(S(C)(=O)=O)c(OC)c1. The lowest BCUT2D eigenvalue weighted by Gasteiger charge is -2.09. The summed E-state index contributed by atoms with van der Waals surface area (Å²) in [5, 5.41) is 3.87. The van der Waals surface area contributed by atoms with Gasteiger partial charge < -0.3 is 9.47 Å². The van der Waals surface area contributed by atoms with Crippen molar-refractivity contribution in [3.63, 3.8) is 0 Å². The van der Waals surface area contributed by atoms with Crippen LogP contribution in [0.15, 0.2) is 28.2 Å². The van der Waals surface area contributed by atoms with Crippen molar-refractivity contribution in [3.05, 3.63) is 23.8 Å². The van der Waals surface area contributed by atoms with Gasteiger partial charge in [-0.25, -0.2) is 18.6 Å². The van der Waals surface area contributed by atoms with Crippen molar-refractivity contribution in [3.8, 4) is 5.75 Å². The fourth-order valence-electron chi connectivity index (χ4n) is 1.56. The van der Waals surface area contributed by atoms with Crippen LogP contribution in [0.3, 0.4) is 0 Å². The summed E-state index contributed by atoms with van der Waals surface area (Å²) in [5.74, 6) is 0.223. The van der Waals surface area contributed by atoms with Crippen LogP contribution in [0.25, 0.3) is 0 Å². The van der Waals surface area contributed by atoms with Gasteiger partial charge in [0.2, 0.25) is 0 Å². The third kappa shape index (κ3) is 4.75. The minimum Gasteiger partial charge on any atom is -0.495 e. The van der Waals surface area contributed by atoms with E-state index in [1.54, 1.807) is 26.0 Å². The van der Waals surface area contributed by atoms with E-state index in [0.29, 0.717) is 11.3 Å². The molecule has 0 aromatic heterocycles. The molecule has 0 saturated carbocycles. The van der Waals surface area contributed by atoms with E-state index in [0.717, 1.165) is 6.26 Å². The molecule has 0 spiro atoms. The highest BCUT2D eigenvalue weighted by atomic mass is 32.2. The molecule has 0 heterocycles. The molecule has 0 aliphatic heterocycles. The number of carbonyl (C=O) groups excluding carboxylic acids is 1. The minimum atomic E-state index is -3.38. The third-order valence-corrected chi connectivity index (χ3v) is 3.71. The van der Waals surface area contributed by atoms with Gasteiger partial charge in [0, 0.05) is 11.8 Å². The van der Waals surface area contributed by atoms with Crippen molar-refractivity contribution in [2.75, 3.05) is 20.0 Å². The van der Waals surface area contributed by atoms with Crippen LogP contribution >= 0.6 is 0 Å². The van der Waals surface area contributed by atoms with Crippen LogP contribution < -0.4 is 10.2 Å². The topological polar surface area (TPSA) is 94.1 Å². The maximum Gasteiger partial charge on any atom is 0.427 e. The number of nitrogens with zero attached hydrogens (tertiary/aromatic N) is 1. The van der Waals surface area contributed by atoms with Crippen molar-refractivity contribution in [2.45, 2.75) is 18.7 Å². The molecule has 0 fully saturated rings.